The minimum absolute atomic E-state index is 0.181. The van der Waals surface area contributed by atoms with Crippen molar-refractivity contribution in [2.75, 3.05) is 13.2 Å². The lowest BCUT2D eigenvalue weighted by molar-refractivity contribution is -0.139. The molecule has 0 fully saturated rings. The van der Waals surface area contributed by atoms with Crippen LogP contribution in [0.25, 0.3) is 6.08 Å². The molecule has 36 heavy (non-hydrogen) atoms. The van der Waals surface area contributed by atoms with Crippen LogP contribution < -0.4 is 24.4 Å². The van der Waals surface area contributed by atoms with Crippen molar-refractivity contribution in [3.05, 3.63) is 76.6 Å². The van der Waals surface area contributed by atoms with Gasteiger partial charge in [-0.3, -0.25) is 14.2 Å². The Hall–Kier alpha value is -3.50. The minimum Gasteiger partial charge on any atom is -0.490 e. The van der Waals surface area contributed by atoms with Crippen LogP contribution in [0.3, 0.4) is 0 Å². The van der Waals surface area contributed by atoms with Crippen molar-refractivity contribution in [3.8, 4) is 11.5 Å². The molecule has 4 rings (SSSR count). The molecule has 8 nitrogen and oxygen atoms in total. The van der Waals surface area contributed by atoms with E-state index in [2.05, 4.69) is 4.99 Å². The van der Waals surface area contributed by atoms with Gasteiger partial charge in [0.25, 0.3) is 5.56 Å². The highest BCUT2D eigenvalue weighted by molar-refractivity contribution is 7.11. The van der Waals surface area contributed by atoms with Gasteiger partial charge in [0.15, 0.2) is 16.3 Å². The van der Waals surface area contributed by atoms with E-state index in [1.54, 1.807) is 43.4 Å². The van der Waals surface area contributed by atoms with Crippen molar-refractivity contribution in [3.63, 3.8) is 0 Å². The average molecular weight is 527 g/mol. The van der Waals surface area contributed by atoms with Crippen molar-refractivity contribution in [1.29, 1.82) is 0 Å². The van der Waals surface area contributed by atoms with Gasteiger partial charge in [-0.15, -0.1) is 11.3 Å². The normalized spacial score (nSPS) is 15.4. The Labute approximate surface area is 215 Å². The highest BCUT2D eigenvalue weighted by Crippen LogP contribution is 2.36. The second kappa shape index (κ2) is 10.6. The zero-order chi connectivity index (χ0) is 26.0. The summed E-state index contributed by atoms with van der Waals surface area (Å²) in [6.07, 6.45) is 1.86. The Morgan fingerprint density at radius 3 is 2.56 bits per heavy atom. The van der Waals surface area contributed by atoms with E-state index in [-0.39, 0.29) is 23.5 Å². The van der Waals surface area contributed by atoms with Crippen LogP contribution in [0.4, 0.5) is 0 Å². The largest absolute Gasteiger partial charge is 0.490 e. The topological polar surface area (TPSA) is 96.2 Å². The fourth-order valence-corrected chi connectivity index (χ4v) is 5.92. The van der Waals surface area contributed by atoms with E-state index in [0.717, 1.165) is 10.4 Å². The lowest BCUT2D eigenvalue weighted by Crippen LogP contribution is -2.40. The third kappa shape index (κ3) is 4.91. The molecule has 0 radical (unpaired) electrons. The first-order valence-corrected chi connectivity index (χ1v) is 13.1. The maximum Gasteiger partial charge on any atom is 0.338 e. The molecule has 0 spiro atoms. The summed E-state index contributed by atoms with van der Waals surface area (Å²) in [7, 11) is 0. The Morgan fingerprint density at radius 1 is 1.14 bits per heavy atom. The van der Waals surface area contributed by atoms with Crippen LogP contribution in [-0.4, -0.2) is 29.7 Å². The number of aromatic nitrogens is 1. The molecule has 0 unspecified atom stereocenters. The highest BCUT2D eigenvalue weighted by atomic mass is 32.1. The third-order valence-electron chi connectivity index (χ3n) is 5.52. The Kier molecular flexibility index (Phi) is 7.56. The maximum atomic E-state index is 13.7. The van der Waals surface area contributed by atoms with Gasteiger partial charge in [-0.2, -0.15) is 0 Å². The van der Waals surface area contributed by atoms with E-state index in [1.165, 1.54) is 22.8 Å². The van der Waals surface area contributed by atoms with Gasteiger partial charge in [0, 0.05) is 11.8 Å². The summed E-state index contributed by atoms with van der Waals surface area (Å²) >= 11 is 2.82. The number of hydrogen-bond acceptors (Lipinski definition) is 9. The van der Waals surface area contributed by atoms with Gasteiger partial charge >= 0.3 is 11.9 Å². The summed E-state index contributed by atoms with van der Waals surface area (Å²) < 4.78 is 18.4. The molecular formula is C26H26N2O6S2. The Morgan fingerprint density at radius 2 is 1.92 bits per heavy atom. The van der Waals surface area contributed by atoms with Gasteiger partial charge in [-0.1, -0.05) is 17.4 Å². The zero-order valence-electron chi connectivity index (χ0n) is 20.6. The number of fused-ring (bicyclic) bond motifs is 1. The van der Waals surface area contributed by atoms with E-state index < -0.39 is 18.0 Å². The molecule has 1 aromatic carbocycles. The van der Waals surface area contributed by atoms with Crippen molar-refractivity contribution >= 4 is 40.7 Å². The van der Waals surface area contributed by atoms with Crippen LogP contribution in [0.2, 0.25) is 0 Å². The van der Waals surface area contributed by atoms with E-state index >= 15 is 0 Å². The van der Waals surface area contributed by atoms with Crippen molar-refractivity contribution < 1.29 is 23.8 Å². The molecule has 188 valence electrons. The smallest absolute Gasteiger partial charge is 0.338 e. The summed E-state index contributed by atoms with van der Waals surface area (Å²) in [5, 5.41) is 1.98. The van der Waals surface area contributed by atoms with Gasteiger partial charge in [0.05, 0.1) is 35.1 Å². The number of esters is 2. The third-order valence-corrected chi connectivity index (χ3v) is 7.47. The van der Waals surface area contributed by atoms with Crippen molar-refractivity contribution in [2.45, 2.75) is 40.7 Å². The summed E-state index contributed by atoms with van der Waals surface area (Å²) in [6, 6.07) is 6.20. The van der Waals surface area contributed by atoms with Crippen LogP contribution in [0.15, 0.2) is 50.7 Å². The van der Waals surface area contributed by atoms with Gasteiger partial charge < -0.3 is 14.2 Å². The standard InChI is InChI=1S/C26H26N2O6S2/c1-6-32-19-12-17(8-9-18(19)34-16(5)29)23-22(25(31)33-7-2)15(4)27-26-28(23)24(30)21(36-26)13-20-14(3)10-11-35-20/h8-13,23H,6-7H2,1-5H3/b21-13-/t23-/m0/s1. The predicted molar refractivity (Wildman–Crippen MR) is 138 cm³/mol. The molecule has 10 heteroatoms. The fraction of sp³-hybridized carbons (Fsp3) is 0.308. The number of carbonyl (C=O) groups excluding carboxylic acids is 2. The summed E-state index contributed by atoms with van der Waals surface area (Å²) in [4.78, 5) is 44.4. The van der Waals surface area contributed by atoms with Gasteiger partial charge in [0.1, 0.15) is 0 Å². The van der Waals surface area contributed by atoms with Gasteiger partial charge in [-0.05, 0) is 68.5 Å². The van der Waals surface area contributed by atoms with Crippen LogP contribution in [0.5, 0.6) is 11.5 Å². The molecule has 1 aliphatic heterocycles. The molecule has 1 atom stereocenters. The molecule has 3 heterocycles. The number of benzene rings is 1. The first-order chi connectivity index (χ1) is 17.2. The molecule has 1 aliphatic rings. The number of aryl methyl sites for hydroxylation is 1. The number of hydrogen-bond donors (Lipinski definition) is 0. The summed E-state index contributed by atoms with van der Waals surface area (Å²) in [5.74, 6) is -0.441. The molecule has 0 aliphatic carbocycles. The number of rotatable bonds is 7. The monoisotopic (exact) mass is 526 g/mol. The molecule has 0 saturated carbocycles. The number of ether oxygens (including phenoxy) is 3. The van der Waals surface area contributed by atoms with E-state index in [4.69, 9.17) is 14.2 Å². The second-order valence-corrected chi connectivity index (χ2v) is 9.96. The molecule has 0 N–H and O–H groups in total. The highest BCUT2D eigenvalue weighted by Gasteiger charge is 2.34. The van der Waals surface area contributed by atoms with E-state index in [0.29, 0.717) is 33.0 Å². The lowest BCUT2D eigenvalue weighted by atomic mass is 9.95. The van der Waals surface area contributed by atoms with E-state index in [9.17, 15) is 14.4 Å². The lowest BCUT2D eigenvalue weighted by Gasteiger charge is -2.25. The molecule has 0 saturated heterocycles. The molecular weight excluding hydrogens is 500 g/mol. The van der Waals surface area contributed by atoms with Crippen LogP contribution in [-0.2, 0) is 14.3 Å². The molecule has 2 aromatic heterocycles. The van der Waals surface area contributed by atoms with Crippen molar-refractivity contribution in [1.82, 2.24) is 4.57 Å². The molecule has 0 bridgehead atoms. The SMILES string of the molecule is CCOC(=O)C1=C(C)N=c2s/c(=C\c3sccc3C)c(=O)n2[C@H]1c1ccc(OC(C)=O)c(OCC)c1. The summed E-state index contributed by atoms with van der Waals surface area (Å²) in [6.45, 7) is 9.08. The number of allylic oxidation sites excluding steroid dienone is 1. The van der Waals surface area contributed by atoms with Crippen LogP contribution in [0.1, 0.15) is 49.7 Å². The number of thiophene rings is 1. The molecule has 0 amide bonds. The average Bonchev–Trinajstić information content (AvgIpc) is 3.36. The number of thiazole rings is 1. The Balaban J connectivity index is 1.96. The van der Waals surface area contributed by atoms with E-state index in [1.807, 2.05) is 31.4 Å². The second-order valence-electron chi connectivity index (χ2n) is 8.00. The number of nitrogens with zero attached hydrogens (tertiary/aromatic N) is 2. The quantitative estimate of drug-likeness (QED) is 0.345. The van der Waals surface area contributed by atoms with Crippen molar-refractivity contribution in [2.24, 2.45) is 4.99 Å². The van der Waals surface area contributed by atoms with Crippen LogP contribution >= 0.6 is 22.7 Å². The first kappa shape index (κ1) is 25.6. The molecule has 3 aromatic rings. The summed E-state index contributed by atoms with van der Waals surface area (Å²) in [5.41, 5.74) is 2.17. The fourth-order valence-electron chi connectivity index (χ4n) is 3.96. The van der Waals surface area contributed by atoms with Gasteiger partial charge in [0.2, 0.25) is 0 Å². The number of carbonyl (C=O) groups is 2. The predicted octanol–water partition coefficient (Wildman–Crippen LogP) is 3.49. The zero-order valence-corrected chi connectivity index (χ0v) is 22.2. The first-order valence-electron chi connectivity index (χ1n) is 11.4. The maximum absolute atomic E-state index is 13.7. The Bertz CT molecular complexity index is 1540. The van der Waals surface area contributed by atoms with Crippen LogP contribution in [0, 0.1) is 6.92 Å². The van der Waals surface area contributed by atoms with Gasteiger partial charge in [-0.25, -0.2) is 9.79 Å². The minimum atomic E-state index is -0.794.